The minimum Gasteiger partial charge on any atom is -0.372 e. The highest BCUT2D eigenvalue weighted by Gasteiger charge is 2.29. The van der Waals surface area contributed by atoms with E-state index in [2.05, 4.69) is 56.2 Å². The van der Waals surface area contributed by atoms with E-state index in [0.29, 0.717) is 6.10 Å². The fraction of sp³-hybridized carbons (Fsp3) is 0.625. The molecule has 0 aliphatic carbocycles. The summed E-state index contributed by atoms with van der Waals surface area (Å²) in [7, 11) is -1.56. The third-order valence-electron chi connectivity index (χ3n) is 3.69. The Hall–Kier alpha value is -0.160. The maximum Gasteiger partial charge on any atom is 0.0888 e. The van der Waals surface area contributed by atoms with Gasteiger partial charge in [0.1, 0.15) is 0 Å². The summed E-state index contributed by atoms with van der Waals surface area (Å²) in [5, 5.41) is 0. The second-order valence-electron chi connectivity index (χ2n) is 6.28. The fourth-order valence-electron chi connectivity index (χ4n) is 2.26. The molecule has 0 aromatic heterocycles. The molecular formula is C16H28O2S2. The van der Waals surface area contributed by atoms with E-state index in [0.717, 1.165) is 19.2 Å². The van der Waals surface area contributed by atoms with Crippen LogP contribution in [-0.4, -0.2) is 56.0 Å². The summed E-state index contributed by atoms with van der Waals surface area (Å²) in [5.41, 5.74) is 0. The number of epoxide rings is 1. The Labute approximate surface area is 126 Å². The molecule has 1 aromatic rings. The van der Waals surface area contributed by atoms with Gasteiger partial charge in [-0.3, -0.25) is 0 Å². The zero-order valence-corrected chi connectivity index (χ0v) is 15.0. The predicted octanol–water partition coefficient (Wildman–Crippen LogP) is 3.93. The van der Waals surface area contributed by atoms with E-state index in [-0.39, 0.29) is 0 Å². The first-order chi connectivity index (χ1) is 9.35. The van der Waals surface area contributed by atoms with E-state index in [4.69, 9.17) is 9.47 Å². The molecule has 2 rings (SSSR count). The van der Waals surface area contributed by atoms with Gasteiger partial charge in [-0.05, 0) is 66.0 Å². The summed E-state index contributed by atoms with van der Waals surface area (Å²) >= 11 is 0. The number of benzene rings is 1. The largest absolute Gasteiger partial charge is 0.372 e. The van der Waals surface area contributed by atoms with Crippen molar-refractivity contribution in [3.05, 3.63) is 24.3 Å². The number of hydrogen-bond donors (Lipinski definition) is 0. The Morgan fingerprint density at radius 1 is 1.05 bits per heavy atom. The van der Waals surface area contributed by atoms with Crippen molar-refractivity contribution in [1.82, 2.24) is 0 Å². The molecule has 0 spiro atoms. The molecule has 2 nitrogen and oxygen atoms in total. The molecule has 0 bridgehead atoms. The first-order valence-corrected chi connectivity index (χ1v) is 12.3. The molecule has 116 valence electrons. The van der Waals surface area contributed by atoms with Gasteiger partial charge >= 0.3 is 0 Å². The van der Waals surface area contributed by atoms with E-state index in [9.17, 15) is 0 Å². The molecule has 0 saturated carbocycles. The van der Waals surface area contributed by atoms with Crippen LogP contribution in [0.25, 0.3) is 0 Å². The minimum atomic E-state index is -0.833. The van der Waals surface area contributed by atoms with E-state index < -0.39 is 20.1 Å². The maximum atomic E-state index is 5.64. The molecule has 1 saturated heterocycles. The number of hydrogen-bond acceptors (Lipinski definition) is 2. The Bertz CT molecular complexity index is 436. The average Bonchev–Trinajstić information content (AvgIpc) is 3.20. The molecule has 1 aliphatic rings. The van der Waals surface area contributed by atoms with E-state index >= 15 is 0 Å². The molecule has 1 atom stereocenters. The first-order valence-electron chi connectivity index (χ1n) is 7.07. The van der Waals surface area contributed by atoms with Gasteiger partial charge in [0.2, 0.25) is 0 Å². The molecule has 1 unspecified atom stereocenters. The molecular weight excluding hydrogens is 288 g/mol. The molecule has 20 heavy (non-hydrogen) atoms. The highest BCUT2D eigenvalue weighted by Crippen LogP contribution is 2.54. The van der Waals surface area contributed by atoms with E-state index in [1.165, 1.54) is 15.5 Å². The summed E-state index contributed by atoms with van der Waals surface area (Å²) in [5.74, 6) is 2.05. The van der Waals surface area contributed by atoms with Crippen LogP contribution < -0.4 is 0 Å². The van der Waals surface area contributed by atoms with Crippen molar-refractivity contribution in [3.63, 3.8) is 0 Å². The molecule has 1 fully saturated rings. The van der Waals surface area contributed by atoms with Crippen LogP contribution in [0, 0.1) is 0 Å². The summed E-state index contributed by atoms with van der Waals surface area (Å²) in [4.78, 5) is 2.93. The molecule has 1 aromatic carbocycles. The lowest BCUT2D eigenvalue weighted by Gasteiger charge is -2.34. The van der Waals surface area contributed by atoms with Gasteiger partial charge in [-0.15, -0.1) is 0 Å². The number of ether oxygens (including phenoxy) is 2. The van der Waals surface area contributed by atoms with E-state index in [1.54, 1.807) is 0 Å². The topological polar surface area (TPSA) is 21.8 Å². The Kier molecular flexibility index (Phi) is 5.11. The Morgan fingerprint density at radius 2 is 1.55 bits per heavy atom. The molecule has 0 amide bonds. The van der Waals surface area contributed by atoms with Gasteiger partial charge < -0.3 is 9.47 Å². The van der Waals surface area contributed by atoms with Crippen LogP contribution in [0.5, 0.6) is 0 Å². The van der Waals surface area contributed by atoms with Gasteiger partial charge in [0.15, 0.2) is 0 Å². The zero-order valence-electron chi connectivity index (χ0n) is 13.3. The second-order valence-corrected chi connectivity index (χ2v) is 13.9. The third kappa shape index (κ3) is 4.17. The van der Waals surface area contributed by atoms with Gasteiger partial charge in [0.25, 0.3) is 0 Å². The minimum absolute atomic E-state index is 0.514. The van der Waals surface area contributed by atoms with Crippen molar-refractivity contribution < 1.29 is 9.47 Å². The normalized spacial score (nSPS) is 20.8. The molecule has 0 N–H and O–H groups in total. The second kappa shape index (κ2) is 6.30. The van der Waals surface area contributed by atoms with Crippen molar-refractivity contribution in [2.75, 3.05) is 49.9 Å². The summed E-state index contributed by atoms with van der Waals surface area (Å²) in [6.45, 7) is 3.82. The lowest BCUT2D eigenvalue weighted by molar-refractivity contribution is 0.197. The Balaban J connectivity index is 2.08. The number of rotatable bonds is 7. The van der Waals surface area contributed by atoms with Crippen molar-refractivity contribution in [3.8, 4) is 0 Å². The third-order valence-corrected chi connectivity index (χ3v) is 8.74. The van der Waals surface area contributed by atoms with E-state index in [1.807, 2.05) is 0 Å². The van der Waals surface area contributed by atoms with Crippen molar-refractivity contribution in [2.45, 2.75) is 22.8 Å². The molecule has 1 aliphatic heterocycles. The standard InChI is InChI=1S/C16H28O2S2/c1-6-17-13-20(4,5)16-9-7-15(8-10-16)19(2,3)12-14-11-18-14/h7-10,14H,6,11-13H2,1-5H3. The Morgan fingerprint density at radius 3 is 2.00 bits per heavy atom. The van der Waals surface area contributed by atoms with Gasteiger partial charge in [-0.1, -0.05) is 0 Å². The fourth-order valence-corrected chi connectivity index (χ4v) is 6.04. The van der Waals surface area contributed by atoms with Gasteiger partial charge in [-0.2, -0.15) is 10.0 Å². The van der Waals surface area contributed by atoms with Crippen LogP contribution in [-0.2, 0) is 9.47 Å². The SMILES string of the molecule is CCOCS(C)(C)c1ccc(S(C)(C)CC2CO2)cc1. The van der Waals surface area contributed by atoms with Crippen LogP contribution in [0.15, 0.2) is 34.1 Å². The first kappa shape index (κ1) is 16.2. The summed E-state index contributed by atoms with van der Waals surface area (Å²) in [6.07, 6.45) is 9.95. The van der Waals surface area contributed by atoms with Crippen LogP contribution in [0.3, 0.4) is 0 Å². The van der Waals surface area contributed by atoms with Crippen LogP contribution in [0.1, 0.15) is 6.92 Å². The van der Waals surface area contributed by atoms with Crippen LogP contribution >= 0.6 is 20.1 Å². The predicted molar refractivity (Wildman–Crippen MR) is 93.0 cm³/mol. The van der Waals surface area contributed by atoms with Gasteiger partial charge in [-0.25, -0.2) is 10.0 Å². The maximum absolute atomic E-state index is 5.64. The van der Waals surface area contributed by atoms with Crippen LogP contribution in [0.4, 0.5) is 0 Å². The quantitative estimate of drug-likeness (QED) is 0.711. The smallest absolute Gasteiger partial charge is 0.0888 e. The molecule has 4 heteroatoms. The van der Waals surface area contributed by atoms with Gasteiger partial charge in [0, 0.05) is 12.4 Å². The molecule has 0 radical (unpaired) electrons. The lowest BCUT2D eigenvalue weighted by Crippen LogP contribution is -2.08. The highest BCUT2D eigenvalue weighted by atomic mass is 32.3. The molecule has 1 heterocycles. The average molecular weight is 317 g/mol. The van der Waals surface area contributed by atoms with Gasteiger partial charge in [0.05, 0.1) is 18.6 Å². The highest BCUT2D eigenvalue weighted by molar-refractivity contribution is 8.33. The summed E-state index contributed by atoms with van der Waals surface area (Å²) < 4.78 is 11.0. The lowest BCUT2D eigenvalue weighted by atomic mass is 10.4. The van der Waals surface area contributed by atoms with Crippen LogP contribution in [0.2, 0.25) is 0 Å². The zero-order chi connectivity index (χ0) is 14.8. The van der Waals surface area contributed by atoms with Crippen molar-refractivity contribution >= 4 is 20.1 Å². The summed E-state index contributed by atoms with van der Waals surface area (Å²) in [6, 6.07) is 9.28. The van der Waals surface area contributed by atoms with Crippen molar-refractivity contribution in [1.29, 1.82) is 0 Å². The monoisotopic (exact) mass is 316 g/mol. The van der Waals surface area contributed by atoms with Crippen molar-refractivity contribution in [2.24, 2.45) is 0 Å².